The summed E-state index contributed by atoms with van der Waals surface area (Å²) < 4.78 is 0. The highest BCUT2D eigenvalue weighted by Gasteiger charge is 2.24. The Bertz CT molecular complexity index is 400. The first-order valence-corrected chi connectivity index (χ1v) is 8.26. The number of nitrogens with one attached hydrogen (secondary N) is 1. The van der Waals surface area contributed by atoms with E-state index in [-0.39, 0.29) is 0 Å². The van der Waals surface area contributed by atoms with Gasteiger partial charge in [-0.2, -0.15) is 0 Å². The zero-order valence-corrected chi connectivity index (χ0v) is 12.0. The topological polar surface area (TPSA) is 12.0 Å². The van der Waals surface area contributed by atoms with Gasteiger partial charge in [-0.25, -0.2) is 0 Å². The van der Waals surface area contributed by atoms with E-state index in [2.05, 4.69) is 36.5 Å². The Morgan fingerprint density at radius 3 is 3.00 bits per heavy atom. The minimum Gasteiger partial charge on any atom is -0.314 e. The SMILES string of the molecule is CC(CCC1CSc2ccccc21)CNC1CC1. The third kappa shape index (κ3) is 3.10. The number of fused-ring (bicyclic) bond motifs is 1. The van der Waals surface area contributed by atoms with Crippen LogP contribution in [0.3, 0.4) is 0 Å². The van der Waals surface area contributed by atoms with Crippen molar-refractivity contribution in [1.29, 1.82) is 0 Å². The summed E-state index contributed by atoms with van der Waals surface area (Å²) >= 11 is 2.04. The van der Waals surface area contributed by atoms with Crippen molar-refractivity contribution < 1.29 is 0 Å². The van der Waals surface area contributed by atoms with Crippen LogP contribution in [0.15, 0.2) is 29.2 Å². The van der Waals surface area contributed by atoms with E-state index >= 15 is 0 Å². The summed E-state index contributed by atoms with van der Waals surface area (Å²) in [4.78, 5) is 1.52. The fourth-order valence-electron chi connectivity index (χ4n) is 2.71. The molecule has 1 fully saturated rings. The summed E-state index contributed by atoms with van der Waals surface area (Å²) in [5.74, 6) is 2.92. The molecule has 1 aliphatic heterocycles. The Hall–Kier alpha value is -0.470. The highest BCUT2D eigenvalue weighted by molar-refractivity contribution is 7.99. The Kier molecular flexibility index (Phi) is 3.95. The summed E-state index contributed by atoms with van der Waals surface area (Å²) in [6, 6.07) is 9.81. The van der Waals surface area contributed by atoms with Crippen LogP contribution in [0.5, 0.6) is 0 Å². The molecule has 1 nitrogen and oxygen atoms in total. The molecule has 1 aliphatic carbocycles. The first-order chi connectivity index (χ1) is 8.83. The number of thioether (sulfide) groups is 1. The van der Waals surface area contributed by atoms with Gasteiger partial charge in [-0.15, -0.1) is 11.8 Å². The maximum atomic E-state index is 3.65. The molecule has 0 bridgehead atoms. The maximum Gasteiger partial charge on any atom is 0.0107 e. The first kappa shape index (κ1) is 12.6. The molecule has 18 heavy (non-hydrogen) atoms. The van der Waals surface area contributed by atoms with E-state index in [1.807, 2.05) is 11.8 Å². The van der Waals surface area contributed by atoms with E-state index in [0.717, 1.165) is 17.9 Å². The van der Waals surface area contributed by atoms with Crippen molar-refractivity contribution in [2.24, 2.45) is 5.92 Å². The highest BCUT2D eigenvalue weighted by Crippen LogP contribution is 2.41. The molecule has 2 unspecified atom stereocenters. The predicted molar refractivity (Wildman–Crippen MR) is 79.3 cm³/mol. The van der Waals surface area contributed by atoms with Crippen LogP contribution in [-0.2, 0) is 0 Å². The molecule has 1 heterocycles. The van der Waals surface area contributed by atoms with Crippen molar-refractivity contribution in [3.05, 3.63) is 29.8 Å². The van der Waals surface area contributed by atoms with Crippen LogP contribution in [0.2, 0.25) is 0 Å². The van der Waals surface area contributed by atoms with Crippen LogP contribution in [0.4, 0.5) is 0 Å². The van der Waals surface area contributed by atoms with Crippen molar-refractivity contribution >= 4 is 11.8 Å². The van der Waals surface area contributed by atoms with Gasteiger partial charge in [0, 0.05) is 16.7 Å². The largest absolute Gasteiger partial charge is 0.314 e. The van der Waals surface area contributed by atoms with Crippen LogP contribution in [0.25, 0.3) is 0 Å². The fourth-order valence-corrected chi connectivity index (χ4v) is 4.01. The average Bonchev–Trinajstić information content (AvgIpc) is 3.14. The average molecular weight is 261 g/mol. The summed E-state index contributed by atoms with van der Waals surface area (Å²) in [5.41, 5.74) is 1.60. The maximum absolute atomic E-state index is 3.65. The molecule has 1 N–H and O–H groups in total. The third-order valence-electron chi connectivity index (χ3n) is 4.14. The molecular weight excluding hydrogens is 238 g/mol. The third-order valence-corrected chi connectivity index (χ3v) is 5.39. The standard InChI is InChI=1S/C16H23NS/c1-12(10-17-14-8-9-14)6-7-13-11-18-16-5-3-2-4-15(13)16/h2-5,12-14,17H,6-11H2,1H3. The molecule has 1 aromatic carbocycles. The minimum absolute atomic E-state index is 0.801. The lowest BCUT2D eigenvalue weighted by atomic mass is 9.92. The second-order valence-electron chi connectivity index (χ2n) is 5.91. The molecule has 0 radical (unpaired) electrons. The molecule has 98 valence electrons. The van der Waals surface area contributed by atoms with Gasteiger partial charge in [0.05, 0.1) is 0 Å². The van der Waals surface area contributed by atoms with Crippen LogP contribution < -0.4 is 5.32 Å². The Balaban J connectivity index is 1.45. The lowest BCUT2D eigenvalue weighted by Crippen LogP contribution is -2.23. The number of rotatable bonds is 6. The van der Waals surface area contributed by atoms with E-state index in [0.29, 0.717) is 0 Å². The van der Waals surface area contributed by atoms with Crippen molar-refractivity contribution in [3.63, 3.8) is 0 Å². The molecule has 2 aliphatic rings. The Labute approximate surface area is 115 Å². The van der Waals surface area contributed by atoms with Gasteiger partial charge >= 0.3 is 0 Å². The lowest BCUT2D eigenvalue weighted by molar-refractivity contribution is 0.449. The van der Waals surface area contributed by atoms with Gasteiger partial charge in [0.2, 0.25) is 0 Å². The Morgan fingerprint density at radius 2 is 2.17 bits per heavy atom. The van der Waals surface area contributed by atoms with Crippen LogP contribution >= 0.6 is 11.8 Å². The summed E-state index contributed by atoms with van der Waals surface area (Å²) in [5, 5.41) is 3.65. The molecule has 1 saturated carbocycles. The van der Waals surface area contributed by atoms with Gasteiger partial charge in [-0.3, -0.25) is 0 Å². The highest BCUT2D eigenvalue weighted by atomic mass is 32.2. The molecule has 0 spiro atoms. The first-order valence-electron chi connectivity index (χ1n) is 7.28. The van der Waals surface area contributed by atoms with Crippen LogP contribution in [-0.4, -0.2) is 18.3 Å². The van der Waals surface area contributed by atoms with E-state index in [4.69, 9.17) is 0 Å². The van der Waals surface area contributed by atoms with E-state index in [1.165, 1.54) is 42.9 Å². The zero-order valence-electron chi connectivity index (χ0n) is 11.2. The number of hydrogen-bond acceptors (Lipinski definition) is 2. The molecule has 0 saturated heterocycles. The van der Waals surface area contributed by atoms with Gasteiger partial charge in [0.25, 0.3) is 0 Å². The predicted octanol–water partition coefficient (Wildman–Crippen LogP) is 4.04. The Morgan fingerprint density at radius 1 is 1.33 bits per heavy atom. The van der Waals surface area contributed by atoms with Gasteiger partial charge in [0.1, 0.15) is 0 Å². The van der Waals surface area contributed by atoms with E-state index < -0.39 is 0 Å². The normalized spacial score (nSPS) is 23.9. The van der Waals surface area contributed by atoms with Gasteiger partial charge in [0.15, 0.2) is 0 Å². The van der Waals surface area contributed by atoms with E-state index in [1.54, 1.807) is 5.56 Å². The molecule has 0 aromatic heterocycles. The molecule has 3 rings (SSSR count). The summed E-state index contributed by atoms with van der Waals surface area (Å²) in [6.45, 7) is 3.61. The summed E-state index contributed by atoms with van der Waals surface area (Å²) in [6.07, 6.45) is 5.52. The monoisotopic (exact) mass is 261 g/mol. The van der Waals surface area contributed by atoms with Gasteiger partial charge < -0.3 is 5.32 Å². The quantitative estimate of drug-likeness (QED) is 0.829. The minimum atomic E-state index is 0.801. The number of benzene rings is 1. The van der Waals surface area contributed by atoms with Crippen molar-refractivity contribution in [2.75, 3.05) is 12.3 Å². The van der Waals surface area contributed by atoms with Crippen molar-refractivity contribution in [2.45, 2.75) is 49.5 Å². The van der Waals surface area contributed by atoms with Crippen molar-refractivity contribution in [1.82, 2.24) is 5.32 Å². The molecule has 1 aromatic rings. The van der Waals surface area contributed by atoms with Gasteiger partial charge in [-0.05, 0) is 55.7 Å². The zero-order chi connectivity index (χ0) is 12.4. The number of hydrogen-bond donors (Lipinski definition) is 1. The van der Waals surface area contributed by atoms with Crippen LogP contribution in [0.1, 0.15) is 44.1 Å². The lowest BCUT2D eigenvalue weighted by Gasteiger charge is -2.15. The molecule has 2 atom stereocenters. The molecule has 0 amide bonds. The smallest absolute Gasteiger partial charge is 0.0107 e. The van der Waals surface area contributed by atoms with Gasteiger partial charge in [-0.1, -0.05) is 25.1 Å². The molecule has 2 heteroatoms. The van der Waals surface area contributed by atoms with Crippen LogP contribution in [0, 0.1) is 5.92 Å². The second kappa shape index (κ2) is 5.66. The molecular formula is C16H23NS. The second-order valence-corrected chi connectivity index (χ2v) is 6.97. The van der Waals surface area contributed by atoms with Crippen molar-refractivity contribution in [3.8, 4) is 0 Å². The fraction of sp³-hybridized carbons (Fsp3) is 0.625. The summed E-state index contributed by atoms with van der Waals surface area (Å²) in [7, 11) is 0. The van der Waals surface area contributed by atoms with E-state index in [9.17, 15) is 0 Å².